The molecule has 1 aromatic rings. The molecule has 0 spiro atoms. The number of ether oxygens (including phenoxy) is 1. The van der Waals surface area contributed by atoms with Gasteiger partial charge in [0.15, 0.2) is 11.6 Å². The molecule has 4 N–H and O–H groups in total. The minimum atomic E-state index is -0.356. The normalized spacial score (nSPS) is 11.8. The zero-order chi connectivity index (χ0) is 12.0. The average Bonchev–Trinajstić information content (AvgIpc) is 2.29. The first-order valence-electron chi connectivity index (χ1n) is 5.48. The molecule has 0 bridgehead atoms. The SMILES string of the molecule is COc1cccc([C@H](N)CCCCN)c1F.Cl. The minimum absolute atomic E-state index is 0. The van der Waals surface area contributed by atoms with Crippen molar-refractivity contribution < 1.29 is 9.13 Å². The van der Waals surface area contributed by atoms with Crippen molar-refractivity contribution in [3.8, 4) is 5.75 Å². The minimum Gasteiger partial charge on any atom is -0.494 e. The van der Waals surface area contributed by atoms with Crippen LogP contribution in [0.25, 0.3) is 0 Å². The van der Waals surface area contributed by atoms with Gasteiger partial charge in [-0.05, 0) is 25.5 Å². The van der Waals surface area contributed by atoms with Gasteiger partial charge in [-0.15, -0.1) is 12.4 Å². The summed E-state index contributed by atoms with van der Waals surface area (Å²) in [7, 11) is 1.45. The lowest BCUT2D eigenvalue weighted by Crippen LogP contribution is -2.13. The standard InChI is InChI=1S/C12H19FN2O.ClH/c1-16-11-7-4-5-9(12(11)13)10(15)6-2-3-8-14;/h4-5,7,10H,2-3,6,8,14-15H2,1H3;1H/t10-;/m1./s1. The summed E-state index contributed by atoms with van der Waals surface area (Å²) < 4.78 is 18.7. The summed E-state index contributed by atoms with van der Waals surface area (Å²) in [4.78, 5) is 0. The Morgan fingerprint density at radius 2 is 2.06 bits per heavy atom. The van der Waals surface area contributed by atoms with Crippen LogP contribution in [-0.4, -0.2) is 13.7 Å². The van der Waals surface area contributed by atoms with Crippen molar-refractivity contribution in [2.24, 2.45) is 11.5 Å². The Morgan fingerprint density at radius 3 is 2.65 bits per heavy atom. The van der Waals surface area contributed by atoms with Crippen LogP contribution in [0.2, 0.25) is 0 Å². The molecule has 0 aromatic heterocycles. The highest BCUT2D eigenvalue weighted by molar-refractivity contribution is 5.85. The van der Waals surface area contributed by atoms with Crippen LogP contribution in [0, 0.1) is 5.82 Å². The summed E-state index contributed by atoms with van der Waals surface area (Å²) >= 11 is 0. The van der Waals surface area contributed by atoms with Crippen molar-refractivity contribution in [3.05, 3.63) is 29.6 Å². The van der Waals surface area contributed by atoms with Crippen molar-refractivity contribution >= 4 is 12.4 Å². The summed E-state index contributed by atoms with van der Waals surface area (Å²) in [6.45, 7) is 0.646. The Balaban J connectivity index is 0.00000256. The van der Waals surface area contributed by atoms with Crippen LogP contribution in [0.3, 0.4) is 0 Å². The van der Waals surface area contributed by atoms with Gasteiger partial charge in [0.25, 0.3) is 0 Å². The van der Waals surface area contributed by atoms with Crippen LogP contribution >= 0.6 is 12.4 Å². The Hall–Kier alpha value is -0.840. The third-order valence-electron chi connectivity index (χ3n) is 2.58. The van der Waals surface area contributed by atoms with E-state index in [2.05, 4.69) is 0 Å². The van der Waals surface area contributed by atoms with E-state index in [0.717, 1.165) is 19.3 Å². The van der Waals surface area contributed by atoms with Crippen molar-refractivity contribution in [2.75, 3.05) is 13.7 Å². The number of methoxy groups -OCH3 is 1. The third kappa shape index (κ3) is 4.50. The van der Waals surface area contributed by atoms with E-state index in [1.165, 1.54) is 7.11 Å². The number of unbranched alkanes of at least 4 members (excludes halogenated alkanes) is 1. The molecule has 0 saturated heterocycles. The lowest BCUT2D eigenvalue weighted by molar-refractivity contribution is 0.381. The van der Waals surface area contributed by atoms with E-state index in [0.29, 0.717) is 12.1 Å². The van der Waals surface area contributed by atoms with Crippen molar-refractivity contribution in [1.29, 1.82) is 0 Å². The molecule has 0 unspecified atom stereocenters. The number of hydrogen-bond donors (Lipinski definition) is 2. The molecule has 1 aromatic carbocycles. The van der Waals surface area contributed by atoms with Crippen LogP contribution in [0.1, 0.15) is 30.9 Å². The summed E-state index contributed by atoms with van der Waals surface area (Å²) in [5.74, 6) is -0.114. The van der Waals surface area contributed by atoms with E-state index in [9.17, 15) is 4.39 Å². The molecular weight excluding hydrogens is 243 g/mol. The maximum atomic E-state index is 13.8. The lowest BCUT2D eigenvalue weighted by Gasteiger charge is -2.14. The molecule has 0 radical (unpaired) electrons. The second-order valence-electron chi connectivity index (χ2n) is 3.75. The van der Waals surface area contributed by atoms with E-state index in [1.54, 1.807) is 18.2 Å². The van der Waals surface area contributed by atoms with Gasteiger partial charge in [-0.2, -0.15) is 0 Å². The lowest BCUT2D eigenvalue weighted by atomic mass is 10.0. The van der Waals surface area contributed by atoms with E-state index in [-0.39, 0.29) is 30.0 Å². The van der Waals surface area contributed by atoms with Crippen LogP contribution in [0.15, 0.2) is 18.2 Å². The largest absolute Gasteiger partial charge is 0.494 e. The first-order valence-corrected chi connectivity index (χ1v) is 5.48. The highest BCUT2D eigenvalue weighted by atomic mass is 35.5. The van der Waals surface area contributed by atoms with Gasteiger partial charge in [0.05, 0.1) is 7.11 Å². The van der Waals surface area contributed by atoms with Crippen LogP contribution < -0.4 is 16.2 Å². The number of rotatable bonds is 6. The van der Waals surface area contributed by atoms with Crippen molar-refractivity contribution in [2.45, 2.75) is 25.3 Å². The third-order valence-corrected chi connectivity index (χ3v) is 2.58. The van der Waals surface area contributed by atoms with Gasteiger partial charge in [-0.25, -0.2) is 4.39 Å². The molecule has 0 heterocycles. The molecule has 0 amide bonds. The summed E-state index contributed by atoms with van der Waals surface area (Å²) in [6, 6.07) is 4.75. The van der Waals surface area contributed by atoms with E-state index >= 15 is 0 Å². The molecule has 5 heteroatoms. The van der Waals surface area contributed by atoms with Gasteiger partial charge >= 0.3 is 0 Å². The predicted octanol–water partition coefficient (Wildman–Crippen LogP) is 2.38. The zero-order valence-corrected chi connectivity index (χ0v) is 10.8. The molecule has 98 valence electrons. The number of benzene rings is 1. The summed E-state index contributed by atoms with van der Waals surface area (Å²) in [5.41, 5.74) is 11.8. The molecule has 1 atom stereocenters. The van der Waals surface area contributed by atoms with Gasteiger partial charge in [-0.3, -0.25) is 0 Å². The molecule has 0 aliphatic carbocycles. The molecule has 1 rings (SSSR count). The molecule has 0 fully saturated rings. The smallest absolute Gasteiger partial charge is 0.169 e. The Morgan fingerprint density at radius 1 is 1.35 bits per heavy atom. The van der Waals surface area contributed by atoms with Gasteiger partial charge in [-0.1, -0.05) is 18.6 Å². The monoisotopic (exact) mass is 262 g/mol. The summed E-state index contributed by atoms with van der Waals surface area (Å²) in [5, 5.41) is 0. The maximum absolute atomic E-state index is 13.8. The second kappa shape index (κ2) is 8.28. The molecule has 3 nitrogen and oxygen atoms in total. The fourth-order valence-electron chi connectivity index (χ4n) is 1.64. The Kier molecular flexibility index (Phi) is 7.87. The van der Waals surface area contributed by atoms with Gasteiger partial charge in [0.2, 0.25) is 0 Å². The molecule has 17 heavy (non-hydrogen) atoms. The van der Waals surface area contributed by atoms with Crippen molar-refractivity contribution in [1.82, 2.24) is 0 Å². The van der Waals surface area contributed by atoms with Crippen LogP contribution in [0.4, 0.5) is 4.39 Å². The quantitative estimate of drug-likeness (QED) is 0.774. The first kappa shape index (κ1) is 16.2. The Bertz CT molecular complexity index is 336. The average molecular weight is 263 g/mol. The van der Waals surface area contributed by atoms with Gasteiger partial charge in [0.1, 0.15) is 0 Å². The number of hydrogen-bond acceptors (Lipinski definition) is 3. The second-order valence-corrected chi connectivity index (χ2v) is 3.75. The van der Waals surface area contributed by atoms with Crippen molar-refractivity contribution in [3.63, 3.8) is 0 Å². The highest BCUT2D eigenvalue weighted by Crippen LogP contribution is 2.26. The topological polar surface area (TPSA) is 61.3 Å². The first-order chi connectivity index (χ1) is 7.70. The van der Waals surface area contributed by atoms with E-state index in [1.807, 2.05) is 0 Å². The predicted molar refractivity (Wildman–Crippen MR) is 70.0 cm³/mol. The van der Waals surface area contributed by atoms with Gasteiger partial charge < -0.3 is 16.2 Å². The molecule has 0 saturated carbocycles. The summed E-state index contributed by atoms with van der Waals surface area (Å²) in [6.07, 6.45) is 2.56. The zero-order valence-electron chi connectivity index (χ0n) is 9.99. The van der Waals surface area contributed by atoms with Crippen LogP contribution in [-0.2, 0) is 0 Å². The maximum Gasteiger partial charge on any atom is 0.169 e. The molecular formula is C12H20ClFN2O. The van der Waals surface area contributed by atoms with Crippen LogP contribution in [0.5, 0.6) is 5.75 Å². The molecule has 0 aliphatic rings. The number of nitrogens with two attached hydrogens (primary N) is 2. The fraction of sp³-hybridized carbons (Fsp3) is 0.500. The highest BCUT2D eigenvalue weighted by Gasteiger charge is 2.14. The van der Waals surface area contributed by atoms with Gasteiger partial charge in [0, 0.05) is 11.6 Å². The number of halogens is 2. The fourth-order valence-corrected chi connectivity index (χ4v) is 1.64. The Labute approximate surface area is 108 Å². The van der Waals surface area contributed by atoms with E-state index < -0.39 is 0 Å². The molecule has 0 aliphatic heterocycles. The van der Waals surface area contributed by atoms with E-state index in [4.69, 9.17) is 16.2 Å².